The SMILES string of the molecule is NCc1cccc(C2CCN(C(=O)c3cccc4oc(B(O)OC=O)cc34)CC2)c1. The van der Waals surface area contributed by atoms with Crippen LogP contribution >= 0.6 is 0 Å². The Morgan fingerprint density at radius 1 is 1.23 bits per heavy atom. The van der Waals surface area contributed by atoms with E-state index in [1.165, 1.54) is 5.56 Å². The number of rotatable bonds is 6. The Kier molecular flexibility index (Phi) is 5.87. The molecule has 0 atom stereocenters. The van der Waals surface area contributed by atoms with Crippen LogP contribution in [0.5, 0.6) is 0 Å². The van der Waals surface area contributed by atoms with Gasteiger partial charge in [-0.3, -0.25) is 9.59 Å². The summed E-state index contributed by atoms with van der Waals surface area (Å²) in [6.45, 7) is 1.99. The Hall–Kier alpha value is -3.10. The van der Waals surface area contributed by atoms with Crippen LogP contribution in [0.2, 0.25) is 0 Å². The van der Waals surface area contributed by atoms with Crippen LogP contribution < -0.4 is 11.4 Å². The molecular formula is C22H23BN2O5. The van der Waals surface area contributed by atoms with Crippen LogP contribution in [0.25, 0.3) is 11.0 Å². The highest BCUT2D eigenvalue weighted by atomic mass is 16.6. The van der Waals surface area contributed by atoms with Gasteiger partial charge in [-0.15, -0.1) is 0 Å². The van der Waals surface area contributed by atoms with Crippen molar-refractivity contribution in [1.29, 1.82) is 0 Å². The van der Waals surface area contributed by atoms with Crippen molar-refractivity contribution in [2.75, 3.05) is 13.1 Å². The molecule has 0 aliphatic carbocycles. The van der Waals surface area contributed by atoms with E-state index in [2.05, 4.69) is 16.8 Å². The molecule has 154 valence electrons. The smallest absolute Gasteiger partial charge is 0.506 e. The number of hydrogen-bond acceptors (Lipinski definition) is 6. The minimum Gasteiger partial charge on any atom is -0.506 e. The molecule has 2 heterocycles. The zero-order valence-electron chi connectivity index (χ0n) is 16.5. The van der Waals surface area contributed by atoms with Crippen LogP contribution in [0.15, 0.2) is 52.9 Å². The molecule has 4 rings (SSSR count). The van der Waals surface area contributed by atoms with Gasteiger partial charge in [-0.05, 0) is 48.1 Å². The summed E-state index contributed by atoms with van der Waals surface area (Å²) in [5.41, 5.74) is 9.19. The van der Waals surface area contributed by atoms with Crippen molar-refractivity contribution in [2.45, 2.75) is 25.3 Å². The van der Waals surface area contributed by atoms with Crippen LogP contribution in [0.3, 0.4) is 0 Å². The number of hydrogen-bond donors (Lipinski definition) is 2. The van der Waals surface area contributed by atoms with E-state index < -0.39 is 7.12 Å². The van der Waals surface area contributed by atoms with Gasteiger partial charge >= 0.3 is 7.12 Å². The van der Waals surface area contributed by atoms with Crippen LogP contribution in [-0.4, -0.2) is 42.5 Å². The maximum Gasteiger partial charge on any atom is 0.599 e. The molecule has 8 heteroatoms. The number of amides is 1. The summed E-state index contributed by atoms with van der Waals surface area (Å²) in [6, 6.07) is 15.1. The van der Waals surface area contributed by atoms with E-state index in [1.54, 1.807) is 24.3 Å². The van der Waals surface area contributed by atoms with E-state index >= 15 is 0 Å². The summed E-state index contributed by atoms with van der Waals surface area (Å²) in [4.78, 5) is 25.5. The molecule has 1 aromatic heterocycles. The van der Waals surface area contributed by atoms with Gasteiger partial charge in [0.15, 0.2) is 5.66 Å². The molecular weight excluding hydrogens is 383 g/mol. The van der Waals surface area contributed by atoms with Crippen LogP contribution in [0.1, 0.15) is 40.2 Å². The summed E-state index contributed by atoms with van der Waals surface area (Å²) in [6.07, 6.45) is 1.77. The number of piperidine rings is 1. The lowest BCUT2D eigenvalue weighted by molar-refractivity contribution is -0.121. The monoisotopic (exact) mass is 406 g/mol. The molecule has 1 aliphatic heterocycles. The van der Waals surface area contributed by atoms with Crippen molar-refractivity contribution in [3.8, 4) is 0 Å². The molecule has 30 heavy (non-hydrogen) atoms. The van der Waals surface area contributed by atoms with Crippen LogP contribution in [0, 0.1) is 0 Å². The molecule has 0 saturated carbocycles. The highest BCUT2D eigenvalue weighted by Gasteiger charge is 2.28. The Morgan fingerprint density at radius 2 is 2.00 bits per heavy atom. The normalized spacial score (nSPS) is 14.7. The molecule has 0 radical (unpaired) electrons. The molecule has 7 nitrogen and oxygen atoms in total. The molecule has 2 aromatic carbocycles. The van der Waals surface area contributed by atoms with E-state index in [4.69, 9.17) is 10.2 Å². The molecule has 1 amide bonds. The Morgan fingerprint density at radius 3 is 2.73 bits per heavy atom. The average molecular weight is 406 g/mol. The predicted octanol–water partition coefficient (Wildman–Crippen LogP) is 1.77. The van der Waals surface area contributed by atoms with E-state index in [9.17, 15) is 14.6 Å². The molecule has 0 spiro atoms. The number of furan rings is 1. The molecule has 1 fully saturated rings. The fraction of sp³-hybridized carbons (Fsp3) is 0.273. The van der Waals surface area contributed by atoms with Gasteiger partial charge in [-0.1, -0.05) is 30.3 Å². The zero-order chi connectivity index (χ0) is 21.1. The fourth-order valence-corrected chi connectivity index (χ4v) is 4.07. The maximum absolute atomic E-state index is 13.2. The minimum atomic E-state index is -1.50. The summed E-state index contributed by atoms with van der Waals surface area (Å²) in [5, 5.41) is 10.4. The summed E-state index contributed by atoms with van der Waals surface area (Å²) < 4.78 is 10.1. The number of nitrogens with two attached hydrogens (primary N) is 1. The van der Waals surface area contributed by atoms with Gasteiger partial charge in [0.1, 0.15) is 5.58 Å². The number of carbonyl (C=O) groups excluding carboxylic acids is 2. The minimum absolute atomic E-state index is 0.0760. The predicted molar refractivity (Wildman–Crippen MR) is 113 cm³/mol. The summed E-state index contributed by atoms with van der Waals surface area (Å²) in [5.74, 6) is 0.334. The topological polar surface area (TPSA) is 106 Å². The van der Waals surface area contributed by atoms with Crippen molar-refractivity contribution in [2.24, 2.45) is 5.73 Å². The molecule has 3 aromatic rings. The molecule has 0 unspecified atom stereocenters. The van der Waals surface area contributed by atoms with Gasteiger partial charge in [0, 0.05) is 25.0 Å². The Balaban J connectivity index is 1.50. The van der Waals surface area contributed by atoms with E-state index in [1.807, 2.05) is 17.0 Å². The van der Waals surface area contributed by atoms with Crippen molar-refractivity contribution >= 4 is 36.1 Å². The average Bonchev–Trinajstić information content (AvgIpc) is 3.23. The van der Waals surface area contributed by atoms with Crippen molar-refractivity contribution in [3.05, 3.63) is 65.2 Å². The zero-order valence-corrected chi connectivity index (χ0v) is 16.5. The fourth-order valence-electron chi connectivity index (χ4n) is 4.07. The third-order valence-electron chi connectivity index (χ3n) is 5.68. The van der Waals surface area contributed by atoms with E-state index in [0.717, 1.165) is 18.4 Å². The van der Waals surface area contributed by atoms with Crippen molar-refractivity contribution in [3.63, 3.8) is 0 Å². The van der Waals surface area contributed by atoms with E-state index in [-0.39, 0.29) is 18.0 Å². The number of likely N-dealkylation sites (tertiary alicyclic amines) is 1. The second-order valence-corrected chi connectivity index (χ2v) is 7.47. The number of nitrogens with zero attached hydrogens (tertiary/aromatic N) is 1. The maximum atomic E-state index is 13.2. The molecule has 1 aliphatic rings. The van der Waals surface area contributed by atoms with Gasteiger partial charge in [0.2, 0.25) is 0 Å². The van der Waals surface area contributed by atoms with E-state index in [0.29, 0.717) is 42.1 Å². The van der Waals surface area contributed by atoms with Gasteiger partial charge in [-0.25, -0.2) is 0 Å². The highest BCUT2D eigenvalue weighted by molar-refractivity contribution is 6.60. The standard InChI is InChI=1S/C22H23BN2O5/c24-13-15-3-1-4-17(11-15)16-7-9-25(10-8-16)22(27)18-5-2-6-20-19(18)12-21(30-20)23(28)29-14-26/h1-6,11-12,14,16,28H,7-10,13,24H2. The second-order valence-electron chi connectivity index (χ2n) is 7.47. The van der Waals surface area contributed by atoms with Crippen LogP contribution in [0.4, 0.5) is 0 Å². The molecule has 0 bridgehead atoms. The Labute approximate surface area is 174 Å². The number of carbonyl (C=O) groups is 2. The first-order valence-corrected chi connectivity index (χ1v) is 9.98. The lowest BCUT2D eigenvalue weighted by atomic mass is 9.86. The summed E-state index contributed by atoms with van der Waals surface area (Å²) in [7, 11) is -1.50. The van der Waals surface area contributed by atoms with Crippen molar-refractivity contribution < 1.29 is 23.7 Å². The molecule has 3 N–H and O–H groups in total. The lowest BCUT2D eigenvalue weighted by Crippen LogP contribution is -2.38. The molecule has 1 saturated heterocycles. The van der Waals surface area contributed by atoms with Gasteiger partial charge in [0.05, 0.1) is 5.56 Å². The first-order valence-electron chi connectivity index (χ1n) is 9.98. The lowest BCUT2D eigenvalue weighted by Gasteiger charge is -2.32. The van der Waals surface area contributed by atoms with Gasteiger partial charge in [0.25, 0.3) is 12.4 Å². The first kappa shape index (κ1) is 20.2. The summed E-state index contributed by atoms with van der Waals surface area (Å²) >= 11 is 0. The quantitative estimate of drug-likeness (QED) is 0.478. The van der Waals surface area contributed by atoms with Crippen molar-refractivity contribution in [1.82, 2.24) is 4.90 Å². The number of benzene rings is 2. The first-order chi connectivity index (χ1) is 14.6. The largest absolute Gasteiger partial charge is 0.599 e. The third kappa shape index (κ3) is 3.97. The Bertz CT molecular complexity index is 1060. The highest BCUT2D eigenvalue weighted by Crippen LogP contribution is 2.30. The third-order valence-corrected chi connectivity index (χ3v) is 5.68. The van der Waals surface area contributed by atoms with Crippen LogP contribution in [-0.2, 0) is 16.0 Å². The van der Waals surface area contributed by atoms with Gasteiger partial charge in [-0.2, -0.15) is 0 Å². The second kappa shape index (κ2) is 8.73. The van der Waals surface area contributed by atoms with Gasteiger partial charge < -0.3 is 24.7 Å². The number of fused-ring (bicyclic) bond motifs is 1.